The number of anilines is 1. The van der Waals surface area contributed by atoms with E-state index in [-0.39, 0.29) is 0 Å². The topological polar surface area (TPSA) is 53.4 Å². The summed E-state index contributed by atoms with van der Waals surface area (Å²) in [5.74, 6) is -0.867. The molecule has 0 atom stereocenters. The largest absolute Gasteiger partial charge is 0.477 e. The lowest BCUT2D eigenvalue weighted by atomic mass is 10.1. The van der Waals surface area contributed by atoms with Crippen molar-refractivity contribution in [2.45, 2.75) is 26.2 Å². The van der Waals surface area contributed by atoms with E-state index in [0.717, 1.165) is 18.2 Å². The average molecular weight is 226 g/mol. The molecule has 0 aromatic carbocycles. The van der Waals surface area contributed by atoms with Gasteiger partial charge in [0.15, 0.2) is 5.13 Å². The predicted molar refractivity (Wildman–Crippen MR) is 59.9 cm³/mol. The van der Waals surface area contributed by atoms with Crippen LogP contribution in [-0.4, -0.2) is 29.1 Å². The van der Waals surface area contributed by atoms with Crippen LogP contribution in [0.1, 0.15) is 34.6 Å². The van der Waals surface area contributed by atoms with Crippen molar-refractivity contribution in [2.24, 2.45) is 0 Å². The van der Waals surface area contributed by atoms with Crippen molar-refractivity contribution in [3.8, 4) is 0 Å². The van der Waals surface area contributed by atoms with Crippen molar-refractivity contribution in [1.29, 1.82) is 0 Å². The van der Waals surface area contributed by atoms with Crippen LogP contribution in [-0.2, 0) is 0 Å². The third kappa shape index (κ3) is 2.12. The molecule has 2 rings (SSSR count). The van der Waals surface area contributed by atoms with Crippen LogP contribution in [0, 0.1) is 6.92 Å². The molecule has 2 heterocycles. The molecule has 1 aromatic rings. The lowest BCUT2D eigenvalue weighted by molar-refractivity contribution is 0.0701. The minimum atomic E-state index is -0.867. The van der Waals surface area contributed by atoms with Crippen molar-refractivity contribution in [3.63, 3.8) is 0 Å². The second-order valence-electron chi connectivity index (χ2n) is 3.76. The third-order valence-corrected chi connectivity index (χ3v) is 3.81. The SMILES string of the molecule is Cc1nc(N2CCCCC2)sc1C(=O)O. The predicted octanol–water partition coefficient (Wildman–Crippen LogP) is 2.14. The summed E-state index contributed by atoms with van der Waals surface area (Å²) in [6.07, 6.45) is 3.63. The number of hydrogen-bond donors (Lipinski definition) is 1. The Hall–Kier alpha value is -1.10. The Bertz CT molecular complexity index is 369. The first-order chi connectivity index (χ1) is 7.18. The molecule has 1 aromatic heterocycles. The van der Waals surface area contributed by atoms with Gasteiger partial charge in [0.05, 0.1) is 5.69 Å². The zero-order valence-corrected chi connectivity index (χ0v) is 9.51. The minimum Gasteiger partial charge on any atom is -0.477 e. The normalized spacial score (nSPS) is 16.7. The first kappa shape index (κ1) is 10.4. The lowest BCUT2D eigenvalue weighted by Gasteiger charge is -2.25. The van der Waals surface area contributed by atoms with E-state index >= 15 is 0 Å². The van der Waals surface area contributed by atoms with Gasteiger partial charge in [-0.15, -0.1) is 0 Å². The molecule has 1 fully saturated rings. The minimum absolute atomic E-state index is 0.371. The molecule has 4 nitrogen and oxygen atoms in total. The number of aromatic nitrogens is 1. The van der Waals surface area contributed by atoms with Gasteiger partial charge in [-0.1, -0.05) is 11.3 Å². The Morgan fingerprint density at radius 2 is 2.07 bits per heavy atom. The van der Waals surface area contributed by atoms with E-state index < -0.39 is 5.97 Å². The number of aromatic carboxylic acids is 1. The number of carbonyl (C=O) groups is 1. The van der Waals surface area contributed by atoms with E-state index in [0.29, 0.717) is 10.6 Å². The van der Waals surface area contributed by atoms with Gasteiger partial charge in [0.25, 0.3) is 0 Å². The van der Waals surface area contributed by atoms with Crippen molar-refractivity contribution < 1.29 is 9.90 Å². The van der Waals surface area contributed by atoms with Crippen LogP contribution in [0.25, 0.3) is 0 Å². The molecule has 1 aliphatic heterocycles. The zero-order chi connectivity index (χ0) is 10.8. The fourth-order valence-corrected chi connectivity index (χ4v) is 2.76. The van der Waals surface area contributed by atoms with Crippen LogP contribution in [0.4, 0.5) is 5.13 Å². The maximum atomic E-state index is 10.9. The molecule has 5 heteroatoms. The first-order valence-corrected chi connectivity index (χ1v) is 5.96. The standard InChI is InChI=1S/C10H14N2O2S/c1-7-8(9(13)14)15-10(11-7)12-5-3-2-4-6-12/h2-6H2,1H3,(H,13,14). The van der Waals surface area contributed by atoms with Crippen LogP contribution in [0.5, 0.6) is 0 Å². The number of piperidine rings is 1. The molecule has 0 spiro atoms. The van der Waals surface area contributed by atoms with Gasteiger partial charge in [-0.3, -0.25) is 0 Å². The molecule has 1 aliphatic rings. The monoisotopic (exact) mass is 226 g/mol. The summed E-state index contributed by atoms with van der Waals surface area (Å²) >= 11 is 1.29. The Morgan fingerprint density at radius 3 is 2.60 bits per heavy atom. The Balaban J connectivity index is 2.21. The van der Waals surface area contributed by atoms with Crippen LogP contribution in [0.2, 0.25) is 0 Å². The van der Waals surface area contributed by atoms with Gasteiger partial charge in [0, 0.05) is 13.1 Å². The summed E-state index contributed by atoms with van der Waals surface area (Å²) in [4.78, 5) is 17.7. The van der Waals surface area contributed by atoms with Gasteiger partial charge in [0.2, 0.25) is 0 Å². The van der Waals surface area contributed by atoms with E-state index in [2.05, 4.69) is 9.88 Å². The Labute approximate surface area is 92.6 Å². The molecule has 82 valence electrons. The van der Waals surface area contributed by atoms with E-state index in [4.69, 9.17) is 5.11 Å². The Morgan fingerprint density at radius 1 is 1.40 bits per heavy atom. The number of rotatable bonds is 2. The maximum absolute atomic E-state index is 10.9. The van der Waals surface area contributed by atoms with Crippen molar-refractivity contribution >= 4 is 22.4 Å². The van der Waals surface area contributed by atoms with E-state index in [1.807, 2.05) is 0 Å². The van der Waals surface area contributed by atoms with Gasteiger partial charge in [0.1, 0.15) is 4.88 Å². The molecule has 0 unspecified atom stereocenters. The Kier molecular flexibility index (Phi) is 2.90. The highest BCUT2D eigenvalue weighted by Crippen LogP contribution is 2.28. The van der Waals surface area contributed by atoms with Crippen molar-refractivity contribution in [2.75, 3.05) is 18.0 Å². The molecular weight excluding hydrogens is 212 g/mol. The van der Waals surface area contributed by atoms with Crippen molar-refractivity contribution in [1.82, 2.24) is 4.98 Å². The molecule has 0 bridgehead atoms. The van der Waals surface area contributed by atoms with Gasteiger partial charge in [-0.25, -0.2) is 9.78 Å². The summed E-state index contributed by atoms with van der Waals surface area (Å²) in [6.45, 7) is 3.77. The number of nitrogens with zero attached hydrogens (tertiary/aromatic N) is 2. The molecule has 0 saturated carbocycles. The second-order valence-corrected chi connectivity index (χ2v) is 4.74. The van der Waals surface area contributed by atoms with Gasteiger partial charge < -0.3 is 10.0 Å². The van der Waals surface area contributed by atoms with Crippen LogP contribution in [0.15, 0.2) is 0 Å². The molecule has 0 radical (unpaired) electrons. The summed E-state index contributed by atoms with van der Waals surface area (Å²) in [7, 11) is 0. The van der Waals surface area contributed by atoms with Gasteiger partial charge in [-0.05, 0) is 26.2 Å². The van der Waals surface area contributed by atoms with Crippen LogP contribution < -0.4 is 4.90 Å². The molecule has 0 aliphatic carbocycles. The summed E-state index contributed by atoms with van der Waals surface area (Å²) < 4.78 is 0. The number of carboxylic acids is 1. The van der Waals surface area contributed by atoms with E-state index in [9.17, 15) is 4.79 Å². The highest BCUT2D eigenvalue weighted by atomic mass is 32.1. The summed E-state index contributed by atoms with van der Waals surface area (Å²) in [6, 6.07) is 0. The maximum Gasteiger partial charge on any atom is 0.347 e. The number of aryl methyl sites for hydroxylation is 1. The first-order valence-electron chi connectivity index (χ1n) is 5.14. The van der Waals surface area contributed by atoms with Crippen molar-refractivity contribution in [3.05, 3.63) is 10.6 Å². The smallest absolute Gasteiger partial charge is 0.347 e. The van der Waals surface area contributed by atoms with Gasteiger partial charge >= 0.3 is 5.97 Å². The second kappa shape index (κ2) is 4.18. The molecule has 1 saturated heterocycles. The number of hydrogen-bond acceptors (Lipinski definition) is 4. The summed E-state index contributed by atoms with van der Waals surface area (Å²) in [5.41, 5.74) is 0.632. The molecule has 1 N–H and O–H groups in total. The average Bonchev–Trinajstić information content (AvgIpc) is 2.62. The number of carboxylic acid groups (broad SMARTS) is 1. The number of thiazole rings is 1. The zero-order valence-electron chi connectivity index (χ0n) is 8.69. The van der Waals surface area contributed by atoms with E-state index in [1.165, 1.54) is 30.6 Å². The highest BCUT2D eigenvalue weighted by molar-refractivity contribution is 7.17. The van der Waals surface area contributed by atoms with Gasteiger partial charge in [-0.2, -0.15) is 0 Å². The lowest BCUT2D eigenvalue weighted by Crippen LogP contribution is -2.29. The van der Waals surface area contributed by atoms with E-state index in [1.54, 1.807) is 6.92 Å². The van der Waals surface area contributed by atoms with Crippen LogP contribution >= 0.6 is 11.3 Å². The molecule has 15 heavy (non-hydrogen) atoms. The summed E-state index contributed by atoms with van der Waals surface area (Å²) in [5, 5.41) is 9.79. The quantitative estimate of drug-likeness (QED) is 0.839. The molecular formula is C10H14N2O2S. The third-order valence-electron chi connectivity index (χ3n) is 2.61. The fourth-order valence-electron chi connectivity index (χ4n) is 1.80. The fraction of sp³-hybridized carbons (Fsp3) is 0.600. The molecule has 0 amide bonds. The van der Waals surface area contributed by atoms with Crippen LogP contribution in [0.3, 0.4) is 0 Å². The highest BCUT2D eigenvalue weighted by Gasteiger charge is 2.19.